The topological polar surface area (TPSA) is 110 Å². The summed E-state index contributed by atoms with van der Waals surface area (Å²) >= 11 is 0. The summed E-state index contributed by atoms with van der Waals surface area (Å²) in [4.78, 5) is 20.0. The van der Waals surface area contributed by atoms with Gasteiger partial charge in [0.25, 0.3) is 10.0 Å². The van der Waals surface area contributed by atoms with Gasteiger partial charge in [-0.3, -0.25) is 4.79 Å². The standard InChI is InChI=1S/C21H20N4O4S/c1-15-13-14-22-21(23-15)25-30(27,28)19-10-6-17(7-11-19)24-20(26)12-5-16-3-8-18(29-2)9-4-16/h3-14H,1-2H3,(H,24,26)(H,22,23,25). The van der Waals surface area contributed by atoms with Crippen LogP contribution in [0.1, 0.15) is 11.3 Å². The summed E-state index contributed by atoms with van der Waals surface area (Å²) in [7, 11) is -2.25. The molecule has 9 heteroatoms. The van der Waals surface area contributed by atoms with Crippen molar-refractivity contribution in [1.82, 2.24) is 9.97 Å². The number of carbonyl (C=O) groups is 1. The molecule has 30 heavy (non-hydrogen) atoms. The highest BCUT2D eigenvalue weighted by Gasteiger charge is 2.15. The Morgan fingerprint density at radius 2 is 1.73 bits per heavy atom. The summed E-state index contributed by atoms with van der Waals surface area (Å²) in [6.07, 6.45) is 4.53. The molecule has 8 nitrogen and oxygen atoms in total. The number of nitrogens with zero attached hydrogens (tertiary/aromatic N) is 2. The number of aromatic nitrogens is 2. The van der Waals surface area contributed by atoms with Gasteiger partial charge in [0, 0.05) is 23.7 Å². The van der Waals surface area contributed by atoms with E-state index in [1.807, 2.05) is 12.1 Å². The minimum Gasteiger partial charge on any atom is -0.497 e. The lowest BCUT2D eigenvalue weighted by Crippen LogP contribution is -2.15. The molecule has 1 aromatic heterocycles. The molecule has 3 aromatic rings. The van der Waals surface area contributed by atoms with Gasteiger partial charge in [-0.2, -0.15) is 0 Å². The number of benzene rings is 2. The van der Waals surface area contributed by atoms with Crippen molar-refractivity contribution in [3.8, 4) is 5.75 Å². The van der Waals surface area contributed by atoms with Crippen molar-refractivity contribution < 1.29 is 17.9 Å². The van der Waals surface area contributed by atoms with Crippen molar-refractivity contribution in [3.63, 3.8) is 0 Å². The van der Waals surface area contributed by atoms with Gasteiger partial charge in [-0.05, 0) is 61.0 Å². The average molecular weight is 424 g/mol. The van der Waals surface area contributed by atoms with Crippen LogP contribution in [0.2, 0.25) is 0 Å². The summed E-state index contributed by atoms with van der Waals surface area (Å²) in [6, 6.07) is 14.7. The normalized spacial score (nSPS) is 11.3. The highest BCUT2D eigenvalue weighted by Crippen LogP contribution is 2.17. The fourth-order valence-corrected chi connectivity index (χ4v) is 3.42. The number of aryl methyl sites for hydroxylation is 1. The van der Waals surface area contributed by atoms with E-state index in [0.717, 1.165) is 11.3 Å². The van der Waals surface area contributed by atoms with Crippen LogP contribution in [0, 0.1) is 6.92 Å². The molecule has 0 aliphatic heterocycles. The van der Waals surface area contributed by atoms with Gasteiger partial charge < -0.3 is 10.1 Å². The first kappa shape index (κ1) is 21.0. The number of methoxy groups -OCH3 is 1. The quantitative estimate of drug-likeness (QED) is 0.564. The van der Waals surface area contributed by atoms with Crippen molar-refractivity contribution in [2.45, 2.75) is 11.8 Å². The molecule has 0 aliphatic carbocycles. The summed E-state index contributed by atoms with van der Waals surface area (Å²) in [5.41, 5.74) is 1.95. The van der Waals surface area contributed by atoms with Gasteiger partial charge in [-0.25, -0.2) is 23.1 Å². The van der Waals surface area contributed by atoms with Crippen LogP contribution in [0.5, 0.6) is 5.75 Å². The van der Waals surface area contributed by atoms with Gasteiger partial charge >= 0.3 is 0 Å². The lowest BCUT2D eigenvalue weighted by molar-refractivity contribution is -0.111. The van der Waals surface area contributed by atoms with E-state index in [1.54, 1.807) is 38.3 Å². The fraction of sp³-hybridized carbons (Fsp3) is 0.0952. The van der Waals surface area contributed by atoms with Gasteiger partial charge in [0.2, 0.25) is 11.9 Å². The van der Waals surface area contributed by atoms with E-state index in [4.69, 9.17) is 4.74 Å². The number of hydrogen-bond acceptors (Lipinski definition) is 6. The second-order valence-electron chi connectivity index (χ2n) is 6.25. The van der Waals surface area contributed by atoms with Gasteiger partial charge in [0.15, 0.2) is 0 Å². The first-order chi connectivity index (χ1) is 14.4. The molecule has 0 saturated heterocycles. The van der Waals surface area contributed by atoms with E-state index < -0.39 is 10.0 Å². The highest BCUT2D eigenvalue weighted by atomic mass is 32.2. The molecule has 1 amide bonds. The molecule has 154 valence electrons. The Hall–Kier alpha value is -3.72. The molecule has 2 aromatic carbocycles. The predicted octanol–water partition coefficient (Wildman–Crippen LogP) is 3.25. The fourth-order valence-electron chi connectivity index (χ4n) is 2.47. The number of sulfonamides is 1. The third kappa shape index (κ3) is 5.65. The van der Waals surface area contributed by atoms with E-state index >= 15 is 0 Å². The van der Waals surface area contributed by atoms with E-state index in [0.29, 0.717) is 11.4 Å². The van der Waals surface area contributed by atoms with Crippen LogP contribution in [-0.4, -0.2) is 31.4 Å². The Labute approximate surface area is 174 Å². The van der Waals surface area contributed by atoms with Crippen molar-refractivity contribution in [1.29, 1.82) is 0 Å². The molecule has 3 rings (SSSR count). The first-order valence-electron chi connectivity index (χ1n) is 8.91. The van der Waals surface area contributed by atoms with E-state index in [2.05, 4.69) is 20.0 Å². The van der Waals surface area contributed by atoms with Crippen LogP contribution in [0.25, 0.3) is 6.08 Å². The predicted molar refractivity (Wildman–Crippen MR) is 115 cm³/mol. The number of hydrogen-bond donors (Lipinski definition) is 2. The van der Waals surface area contributed by atoms with Gasteiger partial charge in [-0.15, -0.1) is 0 Å². The van der Waals surface area contributed by atoms with Gasteiger partial charge in [0.1, 0.15) is 5.75 Å². The maximum atomic E-state index is 12.5. The number of carbonyl (C=O) groups excluding carboxylic acids is 1. The van der Waals surface area contributed by atoms with Crippen molar-refractivity contribution in [2.75, 3.05) is 17.1 Å². The molecule has 0 fully saturated rings. The Bertz CT molecular complexity index is 1160. The van der Waals surface area contributed by atoms with Gasteiger partial charge in [0.05, 0.1) is 12.0 Å². The van der Waals surface area contributed by atoms with Crippen LogP contribution >= 0.6 is 0 Å². The summed E-state index contributed by atoms with van der Waals surface area (Å²) in [5.74, 6) is 0.388. The molecule has 0 bridgehead atoms. The smallest absolute Gasteiger partial charge is 0.264 e. The SMILES string of the molecule is COc1ccc(C=CC(=O)Nc2ccc(S(=O)(=O)Nc3nccc(C)n3)cc2)cc1. The van der Waals surface area contributed by atoms with Crippen molar-refractivity contribution in [3.05, 3.63) is 78.1 Å². The van der Waals surface area contributed by atoms with Crippen molar-refractivity contribution in [2.24, 2.45) is 0 Å². The molecular formula is C21H20N4O4S. The molecular weight excluding hydrogens is 404 g/mol. The highest BCUT2D eigenvalue weighted by molar-refractivity contribution is 7.92. The maximum absolute atomic E-state index is 12.5. The number of amides is 1. The molecule has 0 radical (unpaired) electrons. The zero-order chi connectivity index (χ0) is 21.6. The van der Waals surface area contributed by atoms with Gasteiger partial charge in [-0.1, -0.05) is 12.1 Å². The summed E-state index contributed by atoms with van der Waals surface area (Å²) < 4.78 is 32.3. The minimum absolute atomic E-state index is 0.00366. The monoisotopic (exact) mass is 424 g/mol. The zero-order valence-electron chi connectivity index (χ0n) is 16.4. The lowest BCUT2D eigenvalue weighted by atomic mass is 10.2. The molecule has 0 saturated carbocycles. The Morgan fingerprint density at radius 3 is 2.37 bits per heavy atom. The number of rotatable bonds is 7. The third-order valence-corrected chi connectivity index (χ3v) is 5.34. The average Bonchev–Trinajstić information content (AvgIpc) is 2.73. The second-order valence-corrected chi connectivity index (χ2v) is 7.93. The molecule has 0 spiro atoms. The number of anilines is 2. The molecule has 0 atom stereocenters. The Kier molecular flexibility index (Phi) is 6.43. The van der Waals surface area contributed by atoms with Crippen LogP contribution in [0.3, 0.4) is 0 Å². The minimum atomic E-state index is -3.84. The lowest BCUT2D eigenvalue weighted by Gasteiger charge is -2.08. The van der Waals surface area contributed by atoms with Crippen LogP contribution < -0.4 is 14.8 Å². The van der Waals surface area contributed by atoms with Crippen molar-refractivity contribution >= 4 is 33.6 Å². The molecule has 2 N–H and O–H groups in total. The number of nitrogens with one attached hydrogen (secondary N) is 2. The van der Waals surface area contributed by atoms with Crippen LogP contribution in [0.15, 0.2) is 71.8 Å². The second kappa shape index (κ2) is 9.19. The molecule has 0 unspecified atom stereocenters. The first-order valence-corrected chi connectivity index (χ1v) is 10.4. The maximum Gasteiger partial charge on any atom is 0.264 e. The summed E-state index contributed by atoms with van der Waals surface area (Å²) in [5, 5.41) is 2.68. The number of ether oxygens (including phenoxy) is 1. The van der Waals surface area contributed by atoms with E-state index in [1.165, 1.54) is 36.5 Å². The van der Waals surface area contributed by atoms with E-state index in [9.17, 15) is 13.2 Å². The zero-order valence-corrected chi connectivity index (χ0v) is 17.2. The molecule has 0 aliphatic rings. The Morgan fingerprint density at radius 1 is 1.03 bits per heavy atom. The third-order valence-electron chi connectivity index (χ3n) is 4.00. The van der Waals surface area contributed by atoms with Crippen LogP contribution in [0.4, 0.5) is 11.6 Å². The molecule has 1 heterocycles. The van der Waals surface area contributed by atoms with Crippen LogP contribution in [-0.2, 0) is 14.8 Å². The largest absolute Gasteiger partial charge is 0.497 e. The Balaban J connectivity index is 1.63. The summed E-state index contributed by atoms with van der Waals surface area (Å²) in [6.45, 7) is 1.74. The van der Waals surface area contributed by atoms with E-state index in [-0.39, 0.29) is 16.8 Å².